The van der Waals surface area contributed by atoms with Crippen LogP contribution in [-0.4, -0.2) is 33.4 Å². The predicted molar refractivity (Wildman–Crippen MR) is 91.9 cm³/mol. The number of carbonyl (C=O) groups excluding carboxylic acids is 1. The lowest BCUT2D eigenvalue weighted by Crippen LogP contribution is -2.53. The molecule has 1 fully saturated rings. The van der Waals surface area contributed by atoms with Crippen molar-refractivity contribution >= 4 is 6.03 Å². The second-order valence-electron chi connectivity index (χ2n) is 6.68. The molecule has 3 rings (SSSR count). The highest BCUT2D eigenvalue weighted by molar-refractivity contribution is 5.75. The van der Waals surface area contributed by atoms with E-state index >= 15 is 0 Å². The summed E-state index contributed by atoms with van der Waals surface area (Å²) in [5.41, 5.74) is 0.594. The molecule has 2 aromatic rings. The highest BCUT2D eigenvalue weighted by atomic mass is 16.5. The van der Waals surface area contributed by atoms with Crippen LogP contribution in [0.25, 0.3) is 0 Å². The smallest absolute Gasteiger partial charge is 0.315 e. The van der Waals surface area contributed by atoms with Crippen LogP contribution >= 0.6 is 0 Å². The van der Waals surface area contributed by atoms with Gasteiger partial charge in [0, 0.05) is 6.42 Å². The van der Waals surface area contributed by atoms with Gasteiger partial charge in [-0.2, -0.15) is 4.98 Å². The maximum absolute atomic E-state index is 12.2. The Kier molecular flexibility index (Phi) is 5.33. The molecule has 3 N–H and O–H groups in total. The van der Waals surface area contributed by atoms with Gasteiger partial charge in [0.2, 0.25) is 5.89 Å². The van der Waals surface area contributed by atoms with Crippen LogP contribution in [0.15, 0.2) is 34.9 Å². The summed E-state index contributed by atoms with van der Waals surface area (Å²) in [6, 6.07) is 9.15. The number of rotatable bonds is 6. The van der Waals surface area contributed by atoms with Gasteiger partial charge < -0.3 is 20.3 Å². The summed E-state index contributed by atoms with van der Waals surface area (Å²) in [6.07, 6.45) is 4.21. The summed E-state index contributed by atoms with van der Waals surface area (Å²) in [4.78, 5) is 16.6. The van der Waals surface area contributed by atoms with Gasteiger partial charge in [0.05, 0.1) is 12.1 Å². The fourth-order valence-corrected chi connectivity index (χ4v) is 3.20. The van der Waals surface area contributed by atoms with Crippen molar-refractivity contribution in [3.8, 4) is 0 Å². The van der Waals surface area contributed by atoms with E-state index < -0.39 is 11.6 Å². The normalized spacial score (nSPS) is 17.2. The van der Waals surface area contributed by atoms with Gasteiger partial charge in [0.1, 0.15) is 6.04 Å². The monoisotopic (exact) mass is 344 g/mol. The second kappa shape index (κ2) is 7.65. The molecule has 1 heterocycles. The zero-order chi connectivity index (χ0) is 17.7. The summed E-state index contributed by atoms with van der Waals surface area (Å²) >= 11 is 0. The number of carbonyl (C=O) groups is 1. The van der Waals surface area contributed by atoms with Crippen molar-refractivity contribution in [1.82, 2.24) is 20.8 Å². The first-order chi connectivity index (χ1) is 12.1. The van der Waals surface area contributed by atoms with Crippen LogP contribution in [-0.2, 0) is 6.42 Å². The molecule has 0 saturated heterocycles. The van der Waals surface area contributed by atoms with Gasteiger partial charge in [0.25, 0.3) is 0 Å². The first-order valence-corrected chi connectivity index (χ1v) is 8.66. The minimum Gasteiger partial charge on any atom is -0.394 e. The molecule has 0 aliphatic heterocycles. The predicted octanol–water partition coefficient (Wildman–Crippen LogP) is 2.33. The molecule has 7 nitrogen and oxygen atoms in total. The van der Waals surface area contributed by atoms with Crippen LogP contribution in [0.5, 0.6) is 0 Å². The number of aliphatic hydroxyl groups excluding tert-OH is 1. The Balaban J connectivity index is 1.56. The SMILES string of the molecule is CC(NC(=O)NC1(CO)CCCC1)c1nc(Cc2ccccc2)no1. The molecule has 1 aromatic carbocycles. The summed E-state index contributed by atoms with van der Waals surface area (Å²) < 4.78 is 5.27. The first kappa shape index (κ1) is 17.4. The number of amides is 2. The molecule has 134 valence electrons. The molecular formula is C18H24N4O3. The van der Waals surface area contributed by atoms with Crippen molar-refractivity contribution in [2.75, 3.05) is 6.61 Å². The van der Waals surface area contributed by atoms with E-state index in [0.717, 1.165) is 31.2 Å². The summed E-state index contributed by atoms with van der Waals surface area (Å²) in [5.74, 6) is 0.948. The lowest BCUT2D eigenvalue weighted by molar-refractivity contribution is 0.161. The third-order valence-electron chi connectivity index (χ3n) is 4.65. The van der Waals surface area contributed by atoms with Crippen molar-refractivity contribution in [3.05, 3.63) is 47.6 Å². The first-order valence-electron chi connectivity index (χ1n) is 8.66. The van der Waals surface area contributed by atoms with E-state index in [4.69, 9.17) is 4.52 Å². The van der Waals surface area contributed by atoms with Crippen molar-refractivity contribution in [2.45, 2.75) is 50.6 Å². The molecule has 1 aromatic heterocycles. The molecule has 1 aliphatic rings. The average molecular weight is 344 g/mol. The molecule has 1 aliphatic carbocycles. The van der Waals surface area contributed by atoms with E-state index in [1.807, 2.05) is 30.3 Å². The topological polar surface area (TPSA) is 100 Å². The van der Waals surface area contributed by atoms with Crippen LogP contribution in [0.2, 0.25) is 0 Å². The van der Waals surface area contributed by atoms with Gasteiger partial charge in [-0.15, -0.1) is 0 Å². The van der Waals surface area contributed by atoms with E-state index in [-0.39, 0.29) is 12.6 Å². The van der Waals surface area contributed by atoms with Crippen LogP contribution in [0.4, 0.5) is 4.79 Å². The lowest BCUT2D eigenvalue weighted by atomic mass is 9.99. The molecule has 0 radical (unpaired) electrons. The van der Waals surface area contributed by atoms with Gasteiger partial charge in [-0.3, -0.25) is 0 Å². The number of nitrogens with zero attached hydrogens (tertiary/aromatic N) is 2. The Bertz CT molecular complexity index is 695. The van der Waals surface area contributed by atoms with Crippen LogP contribution < -0.4 is 10.6 Å². The molecule has 25 heavy (non-hydrogen) atoms. The second-order valence-corrected chi connectivity index (χ2v) is 6.68. The zero-order valence-corrected chi connectivity index (χ0v) is 14.4. The minimum absolute atomic E-state index is 0.0451. The number of hydrogen-bond acceptors (Lipinski definition) is 5. The van der Waals surface area contributed by atoms with Crippen LogP contribution in [0, 0.1) is 0 Å². The van der Waals surface area contributed by atoms with Crippen molar-refractivity contribution in [2.24, 2.45) is 0 Å². The van der Waals surface area contributed by atoms with Crippen molar-refractivity contribution in [1.29, 1.82) is 0 Å². The van der Waals surface area contributed by atoms with Crippen LogP contribution in [0.1, 0.15) is 55.9 Å². The fraction of sp³-hybridized carbons (Fsp3) is 0.500. The molecule has 1 atom stereocenters. The third kappa shape index (κ3) is 4.36. The van der Waals surface area contributed by atoms with Crippen molar-refractivity contribution in [3.63, 3.8) is 0 Å². The summed E-state index contributed by atoms with van der Waals surface area (Å²) in [7, 11) is 0. The summed E-state index contributed by atoms with van der Waals surface area (Å²) in [6.45, 7) is 1.75. The van der Waals surface area contributed by atoms with Gasteiger partial charge in [0.15, 0.2) is 5.82 Å². The van der Waals surface area contributed by atoms with Gasteiger partial charge in [-0.1, -0.05) is 48.3 Å². The third-order valence-corrected chi connectivity index (χ3v) is 4.65. The van der Waals surface area contributed by atoms with Crippen molar-refractivity contribution < 1.29 is 14.4 Å². The average Bonchev–Trinajstić information content (AvgIpc) is 3.26. The molecular weight excluding hydrogens is 320 g/mol. The number of hydrogen-bond donors (Lipinski definition) is 3. The molecule has 7 heteroatoms. The Morgan fingerprint density at radius 1 is 1.32 bits per heavy atom. The maximum atomic E-state index is 12.2. The Morgan fingerprint density at radius 2 is 2.04 bits per heavy atom. The fourth-order valence-electron chi connectivity index (χ4n) is 3.20. The molecule has 2 amide bonds. The molecule has 1 saturated carbocycles. The molecule has 1 unspecified atom stereocenters. The number of nitrogens with one attached hydrogen (secondary N) is 2. The summed E-state index contributed by atoms with van der Waals surface area (Å²) in [5, 5.41) is 19.3. The largest absolute Gasteiger partial charge is 0.394 e. The van der Waals surface area contributed by atoms with E-state index in [0.29, 0.717) is 18.1 Å². The number of urea groups is 1. The number of aromatic nitrogens is 2. The van der Waals surface area contributed by atoms with Gasteiger partial charge in [-0.05, 0) is 25.3 Å². The van der Waals surface area contributed by atoms with E-state index in [1.165, 1.54) is 0 Å². The van der Waals surface area contributed by atoms with Gasteiger partial charge in [-0.25, -0.2) is 4.79 Å². The van der Waals surface area contributed by atoms with Gasteiger partial charge >= 0.3 is 6.03 Å². The quantitative estimate of drug-likeness (QED) is 0.747. The highest BCUT2D eigenvalue weighted by Crippen LogP contribution is 2.29. The standard InChI is InChI=1S/C18H24N4O3/c1-13(19-17(24)21-18(12-23)9-5-6-10-18)16-20-15(22-25-16)11-14-7-3-2-4-8-14/h2-4,7-8,13,23H,5-6,9-12H2,1H3,(H2,19,21,24). The van der Waals surface area contributed by atoms with E-state index in [9.17, 15) is 9.90 Å². The molecule has 0 spiro atoms. The number of benzene rings is 1. The highest BCUT2D eigenvalue weighted by Gasteiger charge is 2.35. The van der Waals surface area contributed by atoms with Crippen LogP contribution in [0.3, 0.4) is 0 Å². The lowest BCUT2D eigenvalue weighted by Gasteiger charge is -2.28. The van der Waals surface area contributed by atoms with E-state index in [2.05, 4.69) is 20.8 Å². The number of aliphatic hydroxyl groups is 1. The Labute approximate surface area is 146 Å². The Hall–Kier alpha value is -2.41. The Morgan fingerprint density at radius 3 is 2.72 bits per heavy atom. The molecule has 0 bridgehead atoms. The maximum Gasteiger partial charge on any atom is 0.315 e. The zero-order valence-electron chi connectivity index (χ0n) is 14.4. The van der Waals surface area contributed by atoms with E-state index in [1.54, 1.807) is 6.92 Å². The minimum atomic E-state index is -0.503.